The lowest BCUT2D eigenvalue weighted by Crippen LogP contribution is -2.28. The fourth-order valence-electron chi connectivity index (χ4n) is 1.37. The Labute approximate surface area is 92.1 Å². The summed E-state index contributed by atoms with van der Waals surface area (Å²) in [6.45, 7) is 0. The van der Waals surface area contributed by atoms with Crippen LogP contribution in [0.4, 0.5) is 0 Å². The van der Waals surface area contributed by atoms with Gasteiger partial charge in [-0.25, -0.2) is 0 Å². The van der Waals surface area contributed by atoms with Crippen molar-refractivity contribution in [3.8, 4) is 11.5 Å². The summed E-state index contributed by atoms with van der Waals surface area (Å²) in [6.07, 6.45) is 0. The monoisotopic (exact) mass is 224 g/mol. The highest BCUT2D eigenvalue weighted by atomic mass is 32.2. The van der Waals surface area contributed by atoms with Gasteiger partial charge >= 0.3 is 0 Å². The molecule has 4 N–H and O–H groups in total. The Kier molecular flexibility index (Phi) is 2.75. The molecule has 1 aliphatic heterocycles. The lowest BCUT2D eigenvalue weighted by atomic mass is 10.1. The van der Waals surface area contributed by atoms with E-state index < -0.39 is 0 Å². The van der Waals surface area contributed by atoms with Crippen LogP contribution in [0.15, 0.2) is 23.6 Å². The fourth-order valence-corrected chi connectivity index (χ4v) is 2.04. The smallest absolute Gasteiger partial charge is 0.128 e. The van der Waals surface area contributed by atoms with Gasteiger partial charge in [0, 0.05) is 11.6 Å². The van der Waals surface area contributed by atoms with Gasteiger partial charge in [0.15, 0.2) is 0 Å². The van der Waals surface area contributed by atoms with Crippen molar-refractivity contribution in [2.45, 2.75) is 5.50 Å². The van der Waals surface area contributed by atoms with Crippen LogP contribution < -0.4 is 15.8 Å². The van der Waals surface area contributed by atoms with Gasteiger partial charge in [0.2, 0.25) is 0 Å². The number of hydrogen-bond acceptors (Lipinski definition) is 5. The predicted octanol–water partition coefficient (Wildman–Crippen LogP) is 1.28. The molecule has 1 aromatic rings. The number of ether oxygens (including phenoxy) is 1. The average molecular weight is 224 g/mol. The van der Waals surface area contributed by atoms with Crippen LogP contribution in [0, 0.1) is 0 Å². The topological polar surface area (TPSA) is 67.5 Å². The zero-order valence-corrected chi connectivity index (χ0v) is 9.04. The van der Waals surface area contributed by atoms with Crippen molar-refractivity contribution in [2.24, 2.45) is 5.73 Å². The highest BCUT2D eigenvalue weighted by molar-refractivity contribution is 8.03. The van der Waals surface area contributed by atoms with Crippen molar-refractivity contribution in [1.82, 2.24) is 5.32 Å². The summed E-state index contributed by atoms with van der Waals surface area (Å²) in [4.78, 5) is 0. The molecule has 1 heterocycles. The first-order chi connectivity index (χ1) is 7.20. The van der Waals surface area contributed by atoms with Crippen LogP contribution in [-0.4, -0.2) is 17.7 Å². The van der Waals surface area contributed by atoms with Crippen LogP contribution in [0.1, 0.15) is 5.56 Å². The minimum absolute atomic E-state index is 0.137. The molecule has 1 aromatic carbocycles. The first-order valence-corrected chi connectivity index (χ1v) is 5.40. The number of phenolic OH excluding ortho intramolecular Hbond substituents is 1. The lowest BCUT2D eigenvalue weighted by Gasteiger charge is -2.10. The number of rotatable bonds is 2. The van der Waals surface area contributed by atoms with Gasteiger partial charge in [-0.15, -0.1) is 0 Å². The van der Waals surface area contributed by atoms with Gasteiger partial charge < -0.3 is 20.9 Å². The summed E-state index contributed by atoms with van der Waals surface area (Å²) in [7, 11) is 1.56. The Hall–Kier alpha value is -1.33. The number of thioether (sulfide) groups is 1. The molecular weight excluding hydrogens is 212 g/mol. The maximum atomic E-state index is 9.76. The third kappa shape index (κ3) is 2.03. The Morgan fingerprint density at radius 2 is 2.33 bits per heavy atom. The number of phenols is 1. The van der Waals surface area contributed by atoms with E-state index in [4.69, 9.17) is 10.5 Å². The molecule has 1 aliphatic rings. The van der Waals surface area contributed by atoms with Gasteiger partial charge in [-0.1, -0.05) is 11.8 Å². The van der Waals surface area contributed by atoms with E-state index in [-0.39, 0.29) is 11.2 Å². The Morgan fingerprint density at radius 1 is 1.53 bits per heavy atom. The quantitative estimate of drug-likeness (QED) is 0.706. The molecule has 0 saturated heterocycles. The van der Waals surface area contributed by atoms with Crippen molar-refractivity contribution in [3.63, 3.8) is 0 Å². The van der Waals surface area contributed by atoms with Crippen LogP contribution in [0.5, 0.6) is 11.5 Å². The number of methoxy groups -OCH3 is 1. The van der Waals surface area contributed by atoms with Gasteiger partial charge in [-0.05, 0) is 17.5 Å². The molecule has 0 fully saturated rings. The molecule has 80 valence electrons. The minimum atomic E-state index is -0.137. The van der Waals surface area contributed by atoms with Crippen LogP contribution in [0.2, 0.25) is 0 Å². The van der Waals surface area contributed by atoms with E-state index in [1.54, 1.807) is 25.3 Å². The zero-order chi connectivity index (χ0) is 10.8. The summed E-state index contributed by atoms with van der Waals surface area (Å²) < 4.78 is 5.00. The molecule has 15 heavy (non-hydrogen) atoms. The van der Waals surface area contributed by atoms with Gasteiger partial charge in [0.05, 0.1) is 12.8 Å². The standard InChI is InChI=1S/C10H12N2O2S/c1-14-6-2-3-7(9(13)4-6)8-5-15-10(11)12-8/h2-5,10,12-13H,11H2,1H3. The molecule has 0 aliphatic carbocycles. The molecular formula is C10H12N2O2S. The number of benzene rings is 1. The van der Waals surface area contributed by atoms with Gasteiger partial charge in [0.25, 0.3) is 0 Å². The van der Waals surface area contributed by atoms with Crippen LogP contribution in [-0.2, 0) is 0 Å². The highest BCUT2D eigenvalue weighted by Gasteiger charge is 2.16. The van der Waals surface area contributed by atoms with Crippen molar-refractivity contribution < 1.29 is 9.84 Å². The van der Waals surface area contributed by atoms with Crippen molar-refractivity contribution in [1.29, 1.82) is 0 Å². The summed E-state index contributed by atoms with van der Waals surface area (Å²) in [5.74, 6) is 0.814. The maximum Gasteiger partial charge on any atom is 0.128 e. The van der Waals surface area contributed by atoms with Crippen LogP contribution >= 0.6 is 11.8 Å². The van der Waals surface area contributed by atoms with Crippen molar-refractivity contribution in [3.05, 3.63) is 29.2 Å². The summed E-state index contributed by atoms with van der Waals surface area (Å²) in [5, 5.41) is 14.7. The van der Waals surface area contributed by atoms with E-state index in [9.17, 15) is 5.11 Å². The third-order valence-electron chi connectivity index (χ3n) is 2.13. The molecule has 5 heteroatoms. The van der Waals surface area contributed by atoms with E-state index in [0.29, 0.717) is 5.75 Å². The summed E-state index contributed by atoms with van der Waals surface area (Å²) in [5.41, 5.74) is 7.10. The molecule has 4 nitrogen and oxygen atoms in total. The normalized spacial score (nSPS) is 19.6. The summed E-state index contributed by atoms with van der Waals surface area (Å²) in [6, 6.07) is 5.17. The maximum absolute atomic E-state index is 9.76. The zero-order valence-electron chi connectivity index (χ0n) is 8.23. The van der Waals surface area contributed by atoms with E-state index >= 15 is 0 Å². The second-order valence-corrected chi connectivity index (χ2v) is 4.13. The van der Waals surface area contributed by atoms with Gasteiger partial charge in [-0.3, -0.25) is 0 Å². The third-order valence-corrected chi connectivity index (χ3v) is 2.91. The van der Waals surface area contributed by atoms with E-state index in [1.807, 2.05) is 5.41 Å². The van der Waals surface area contributed by atoms with Crippen LogP contribution in [0.3, 0.4) is 0 Å². The molecule has 0 bridgehead atoms. The second kappa shape index (κ2) is 4.04. The number of hydrogen-bond donors (Lipinski definition) is 3. The number of nitrogens with one attached hydrogen (secondary N) is 1. The molecule has 2 rings (SSSR count). The molecule has 0 radical (unpaired) electrons. The molecule has 1 unspecified atom stereocenters. The average Bonchev–Trinajstić information content (AvgIpc) is 2.64. The number of aromatic hydroxyl groups is 1. The Bertz CT molecular complexity index is 406. The molecule has 0 saturated carbocycles. The first kappa shape index (κ1) is 10.2. The number of nitrogens with two attached hydrogens (primary N) is 1. The Morgan fingerprint density at radius 3 is 2.87 bits per heavy atom. The van der Waals surface area contributed by atoms with E-state index in [1.165, 1.54) is 11.8 Å². The molecule has 0 amide bonds. The minimum Gasteiger partial charge on any atom is -0.507 e. The molecule has 0 aromatic heterocycles. The second-order valence-electron chi connectivity index (χ2n) is 3.12. The largest absolute Gasteiger partial charge is 0.507 e. The fraction of sp³-hybridized carbons (Fsp3) is 0.200. The predicted molar refractivity (Wildman–Crippen MR) is 61.3 cm³/mol. The molecule has 0 spiro atoms. The van der Waals surface area contributed by atoms with Gasteiger partial charge in [0.1, 0.15) is 17.0 Å². The van der Waals surface area contributed by atoms with Gasteiger partial charge in [-0.2, -0.15) is 0 Å². The van der Waals surface area contributed by atoms with E-state index in [2.05, 4.69) is 5.32 Å². The Balaban J connectivity index is 2.29. The van der Waals surface area contributed by atoms with Crippen molar-refractivity contribution >= 4 is 17.5 Å². The van der Waals surface area contributed by atoms with Crippen molar-refractivity contribution in [2.75, 3.05) is 7.11 Å². The lowest BCUT2D eigenvalue weighted by molar-refractivity contribution is 0.407. The first-order valence-electron chi connectivity index (χ1n) is 4.46. The van der Waals surface area contributed by atoms with Crippen LogP contribution in [0.25, 0.3) is 5.70 Å². The highest BCUT2D eigenvalue weighted by Crippen LogP contribution is 2.32. The van der Waals surface area contributed by atoms with E-state index in [0.717, 1.165) is 11.3 Å². The molecule has 1 atom stereocenters. The SMILES string of the molecule is COc1ccc(C2=CSC(N)N2)c(O)c1. The summed E-state index contributed by atoms with van der Waals surface area (Å²) >= 11 is 1.48.